The molecule has 1 heterocycles. The molecule has 0 saturated carbocycles. The number of hydrogen-bond donors (Lipinski definition) is 2. The lowest BCUT2D eigenvalue weighted by atomic mass is 9.95. The molecule has 0 radical (unpaired) electrons. The van der Waals surface area contributed by atoms with Gasteiger partial charge >= 0.3 is 0 Å². The van der Waals surface area contributed by atoms with Crippen molar-refractivity contribution in [3.05, 3.63) is 35.0 Å². The van der Waals surface area contributed by atoms with E-state index in [0.29, 0.717) is 6.54 Å². The monoisotopic (exact) mass is 200 g/mol. The zero-order valence-electron chi connectivity index (χ0n) is 8.84. The lowest BCUT2D eigenvalue weighted by molar-refractivity contribution is 0.680. The molecule has 0 bridgehead atoms. The lowest BCUT2D eigenvalue weighted by Gasteiger charge is -2.10. The first kappa shape index (κ1) is 8.98. The predicted molar refractivity (Wildman–Crippen MR) is 62.8 cm³/mol. The van der Waals surface area contributed by atoms with E-state index in [9.17, 15) is 0 Å². The Balaban J connectivity index is 2.24. The van der Waals surface area contributed by atoms with Crippen molar-refractivity contribution in [2.75, 3.05) is 0 Å². The summed E-state index contributed by atoms with van der Waals surface area (Å²) in [6.45, 7) is 0.635. The summed E-state index contributed by atoms with van der Waals surface area (Å²) in [5, 5.41) is 1.40. The molecule has 2 nitrogen and oxygen atoms in total. The van der Waals surface area contributed by atoms with Crippen LogP contribution in [0.4, 0.5) is 0 Å². The van der Waals surface area contributed by atoms with Crippen LogP contribution in [-0.4, -0.2) is 4.98 Å². The van der Waals surface area contributed by atoms with Gasteiger partial charge in [-0.15, -0.1) is 0 Å². The molecule has 1 aromatic heterocycles. The van der Waals surface area contributed by atoms with Gasteiger partial charge in [0.25, 0.3) is 0 Å². The standard InChI is InChI=1S/C13H16N2/c14-8-9-5-6-13-11(7-9)10-3-1-2-4-12(10)15-13/h5-7,15H,1-4,8,14H2. The largest absolute Gasteiger partial charge is 0.358 e. The van der Waals surface area contributed by atoms with Crippen LogP contribution in [0.25, 0.3) is 10.9 Å². The Bertz CT molecular complexity index is 496. The Kier molecular flexibility index (Phi) is 2.03. The topological polar surface area (TPSA) is 41.8 Å². The fourth-order valence-corrected chi connectivity index (χ4v) is 2.58. The van der Waals surface area contributed by atoms with Gasteiger partial charge in [0.1, 0.15) is 0 Å². The maximum atomic E-state index is 5.68. The maximum Gasteiger partial charge on any atom is 0.0459 e. The molecule has 2 heteroatoms. The lowest BCUT2D eigenvalue weighted by Crippen LogP contribution is -2.00. The summed E-state index contributed by atoms with van der Waals surface area (Å²) >= 11 is 0. The molecule has 1 aliphatic carbocycles. The second kappa shape index (κ2) is 3.38. The molecule has 78 valence electrons. The summed E-state index contributed by atoms with van der Waals surface area (Å²) < 4.78 is 0. The van der Waals surface area contributed by atoms with Crippen LogP contribution in [0.15, 0.2) is 18.2 Å². The van der Waals surface area contributed by atoms with Gasteiger partial charge in [0.15, 0.2) is 0 Å². The van der Waals surface area contributed by atoms with Crippen LogP contribution in [-0.2, 0) is 19.4 Å². The molecule has 0 atom stereocenters. The highest BCUT2D eigenvalue weighted by Crippen LogP contribution is 2.29. The van der Waals surface area contributed by atoms with E-state index in [-0.39, 0.29) is 0 Å². The van der Waals surface area contributed by atoms with E-state index in [1.807, 2.05) is 0 Å². The summed E-state index contributed by atoms with van der Waals surface area (Å²) in [6, 6.07) is 6.52. The van der Waals surface area contributed by atoms with Gasteiger partial charge in [-0.1, -0.05) is 6.07 Å². The quantitative estimate of drug-likeness (QED) is 0.729. The first-order valence-corrected chi connectivity index (χ1v) is 5.71. The van der Waals surface area contributed by atoms with E-state index in [2.05, 4.69) is 23.2 Å². The molecule has 0 amide bonds. The first-order chi connectivity index (χ1) is 7.38. The van der Waals surface area contributed by atoms with E-state index in [4.69, 9.17) is 5.73 Å². The van der Waals surface area contributed by atoms with Crippen LogP contribution in [0.3, 0.4) is 0 Å². The minimum absolute atomic E-state index is 0.635. The molecule has 0 unspecified atom stereocenters. The summed E-state index contributed by atoms with van der Waals surface area (Å²) in [6.07, 6.45) is 5.09. The van der Waals surface area contributed by atoms with Gasteiger partial charge in [-0.2, -0.15) is 0 Å². The van der Waals surface area contributed by atoms with Gasteiger partial charge in [0.2, 0.25) is 0 Å². The minimum Gasteiger partial charge on any atom is -0.358 e. The fourth-order valence-electron chi connectivity index (χ4n) is 2.58. The highest BCUT2D eigenvalue weighted by Gasteiger charge is 2.14. The van der Waals surface area contributed by atoms with Gasteiger partial charge in [-0.25, -0.2) is 0 Å². The van der Waals surface area contributed by atoms with Crippen LogP contribution in [0, 0.1) is 0 Å². The molecular formula is C13H16N2. The average Bonchev–Trinajstić information content (AvgIpc) is 2.66. The van der Waals surface area contributed by atoms with Crippen molar-refractivity contribution in [1.29, 1.82) is 0 Å². The van der Waals surface area contributed by atoms with E-state index < -0.39 is 0 Å². The van der Waals surface area contributed by atoms with E-state index in [1.165, 1.54) is 53.4 Å². The van der Waals surface area contributed by atoms with E-state index in [1.54, 1.807) is 0 Å². The highest BCUT2D eigenvalue weighted by molar-refractivity contribution is 5.85. The normalized spacial score (nSPS) is 15.5. The van der Waals surface area contributed by atoms with Gasteiger partial charge in [0.05, 0.1) is 0 Å². The summed E-state index contributed by atoms with van der Waals surface area (Å²) in [4.78, 5) is 3.53. The first-order valence-electron chi connectivity index (χ1n) is 5.71. The van der Waals surface area contributed by atoms with Crippen LogP contribution in [0.5, 0.6) is 0 Å². The molecule has 15 heavy (non-hydrogen) atoms. The Labute approximate surface area is 89.5 Å². The summed E-state index contributed by atoms with van der Waals surface area (Å²) in [5.74, 6) is 0. The SMILES string of the molecule is NCc1ccc2[nH]c3c(c2c1)CCCC3. The van der Waals surface area contributed by atoms with E-state index in [0.717, 1.165) is 0 Å². The number of fused-ring (bicyclic) bond motifs is 3. The number of aryl methyl sites for hydroxylation is 2. The van der Waals surface area contributed by atoms with Crippen LogP contribution in [0.2, 0.25) is 0 Å². The van der Waals surface area contributed by atoms with Crippen molar-refractivity contribution in [3.8, 4) is 0 Å². The highest BCUT2D eigenvalue weighted by atomic mass is 14.7. The molecule has 0 spiro atoms. The second-order valence-electron chi connectivity index (χ2n) is 4.37. The molecule has 1 aromatic carbocycles. The number of H-pyrrole nitrogens is 1. The maximum absolute atomic E-state index is 5.68. The molecular weight excluding hydrogens is 184 g/mol. The van der Waals surface area contributed by atoms with Gasteiger partial charge in [-0.3, -0.25) is 0 Å². The van der Waals surface area contributed by atoms with E-state index >= 15 is 0 Å². The van der Waals surface area contributed by atoms with Crippen molar-refractivity contribution in [2.45, 2.75) is 32.2 Å². The number of benzene rings is 1. The van der Waals surface area contributed by atoms with Crippen LogP contribution < -0.4 is 5.73 Å². The number of nitrogens with two attached hydrogens (primary N) is 1. The Hall–Kier alpha value is -1.28. The molecule has 0 fully saturated rings. The zero-order valence-corrected chi connectivity index (χ0v) is 8.84. The minimum atomic E-state index is 0.635. The molecule has 0 aliphatic heterocycles. The van der Waals surface area contributed by atoms with Crippen molar-refractivity contribution in [2.24, 2.45) is 5.73 Å². The third kappa shape index (κ3) is 1.37. The molecule has 1 aliphatic rings. The van der Waals surface area contributed by atoms with Gasteiger partial charge in [0, 0.05) is 23.1 Å². The smallest absolute Gasteiger partial charge is 0.0459 e. The van der Waals surface area contributed by atoms with Crippen molar-refractivity contribution in [1.82, 2.24) is 4.98 Å². The number of aromatic amines is 1. The van der Waals surface area contributed by atoms with Gasteiger partial charge < -0.3 is 10.7 Å². The average molecular weight is 200 g/mol. The third-order valence-corrected chi connectivity index (χ3v) is 3.40. The molecule has 3 N–H and O–H groups in total. The Morgan fingerprint density at radius 1 is 1.20 bits per heavy atom. The van der Waals surface area contributed by atoms with Gasteiger partial charge in [-0.05, 0) is 48.9 Å². The number of aromatic nitrogens is 1. The fraction of sp³-hybridized carbons (Fsp3) is 0.385. The number of rotatable bonds is 1. The third-order valence-electron chi connectivity index (χ3n) is 3.40. The second-order valence-corrected chi connectivity index (χ2v) is 4.37. The van der Waals surface area contributed by atoms with Crippen molar-refractivity contribution in [3.63, 3.8) is 0 Å². The van der Waals surface area contributed by atoms with Crippen LogP contribution in [0.1, 0.15) is 29.7 Å². The Morgan fingerprint density at radius 2 is 2.07 bits per heavy atom. The van der Waals surface area contributed by atoms with Crippen molar-refractivity contribution >= 4 is 10.9 Å². The molecule has 3 rings (SSSR count). The molecule has 0 saturated heterocycles. The van der Waals surface area contributed by atoms with Crippen LogP contribution >= 0.6 is 0 Å². The molecule has 2 aromatic rings. The zero-order chi connectivity index (χ0) is 10.3. The number of nitrogens with one attached hydrogen (secondary N) is 1. The number of hydrogen-bond acceptors (Lipinski definition) is 1. The Morgan fingerprint density at radius 3 is 2.93 bits per heavy atom. The summed E-state index contributed by atoms with van der Waals surface area (Å²) in [5.41, 5.74) is 11.2. The predicted octanol–water partition coefficient (Wildman–Crippen LogP) is 2.51. The summed E-state index contributed by atoms with van der Waals surface area (Å²) in [7, 11) is 0. The van der Waals surface area contributed by atoms with Crippen molar-refractivity contribution < 1.29 is 0 Å².